The number of fused-ring (bicyclic) bond motifs is 3. The molecule has 3 heterocycles. The molecule has 7 nitrogen and oxygen atoms in total. The third kappa shape index (κ3) is 3.37. The van der Waals surface area contributed by atoms with E-state index in [1.165, 1.54) is 5.56 Å². The van der Waals surface area contributed by atoms with Gasteiger partial charge in [0.15, 0.2) is 11.5 Å². The predicted molar refractivity (Wildman–Crippen MR) is 108 cm³/mol. The summed E-state index contributed by atoms with van der Waals surface area (Å²) in [5.41, 5.74) is 3.94. The van der Waals surface area contributed by atoms with Crippen LogP contribution in [0.25, 0.3) is 11.0 Å². The highest BCUT2D eigenvalue weighted by molar-refractivity contribution is 5.83. The van der Waals surface area contributed by atoms with Gasteiger partial charge in [0.25, 0.3) is 0 Å². The summed E-state index contributed by atoms with van der Waals surface area (Å²) in [6, 6.07) is 9.87. The third-order valence-corrected chi connectivity index (χ3v) is 5.35. The van der Waals surface area contributed by atoms with Gasteiger partial charge in [-0.1, -0.05) is 12.1 Å². The van der Waals surface area contributed by atoms with Crippen molar-refractivity contribution in [1.29, 1.82) is 0 Å². The van der Waals surface area contributed by atoms with Crippen molar-refractivity contribution in [2.75, 3.05) is 13.2 Å². The summed E-state index contributed by atoms with van der Waals surface area (Å²) < 4.78 is 18.9. The van der Waals surface area contributed by atoms with Crippen LogP contribution in [0.2, 0.25) is 0 Å². The number of rotatable bonds is 4. The summed E-state index contributed by atoms with van der Waals surface area (Å²) in [5, 5.41) is 3.01. The van der Waals surface area contributed by atoms with Gasteiger partial charge in [-0.2, -0.15) is 0 Å². The Morgan fingerprint density at radius 2 is 1.97 bits per heavy atom. The number of carbonyl (C=O) groups excluding carboxylic acids is 1. The molecule has 0 fully saturated rings. The van der Waals surface area contributed by atoms with Gasteiger partial charge < -0.3 is 24.1 Å². The molecule has 3 aromatic rings. The number of imidazole rings is 1. The molecule has 0 aliphatic carbocycles. The Bertz CT molecular complexity index is 1110. The van der Waals surface area contributed by atoms with Crippen LogP contribution in [0.1, 0.15) is 23.9 Å². The van der Waals surface area contributed by atoms with Crippen LogP contribution in [-0.4, -0.2) is 34.8 Å². The molecule has 1 amide bonds. The smallest absolute Gasteiger partial charge is 0.240 e. The van der Waals surface area contributed by atoms with Gasteiger partial charge in [-0.15, -0.1) is 0 Å². The van der Waals surface area contributed by atoms with Crippen LogP contribution in [0.5, 0.6) is 17.2 Å². The molecule has 1 N–H and O–H groups in total. The van der Waals surface area contributed by atoms with Crippen LogP contribution in [0.4, 0.5) is 0 Å². The quantitative estimate of drug-likeness (QED) is 0.738. The van der Waals surface area contributed by atoms with Crippen LogP contribution in [0.3, 0.4) is 0 Å². The van der Waals surface area contributed by atoms with E-state index in [0.717, 1.165) is 34.6 Å². The molecule has 2 aromatic carbocycles. The SMILES string of the molecule is Cc1nc2cc3c(cc2n1CC(=O)NCc1ccc2c(c1)C[C@@H](C)O2)OCCO3. The summed E-state index contributed by atoms with van der Waals surface area (Å²) in [4.78, 5) is 17.2. The molecule has 5 rings (SSSR count). The van der Waals surface area contributed by atoms with Crippen molar-refractivity contribution in [1.82, 2.24) is 14.9 Å². The van der Waals surface area contributed by atoms with Gasteiger partial charge in [0, 0.05) is 25.1 Å². The number of aryl methyl sites for hydroxylation is 1. The molecule has 7 heteroatoms. The average Bonchev–Trinajstić information content (AvgIpc) is 3.22. The minimum absolute atomic E-state index is 0.0626. The van der Waals surface area contributed by atoms with E-state index in [0.29, 0.717) is 31.3 Å². The summed E-state index contributed by atoms with van der Waals surface area (Å²) in [5.74, 6) is 3.06. The van der Waals surface area contributed by atoms with E-state index in [-0.39, 0.29) is 18.6 Å². The summed E-state index contributed by atoms with van der Waals surface area (Å²) in [7, 11) is 0. The second-order valence-electron chi connectivity index (χ2n) is 7.58. The fourth-order valence-electron chi connectivity index (χ4n) is 3.97. The lowest BCUT2D eigenvalue weighted by molar-refractivity contribution is -0.121. The number of carbonyl (C=O) groups is 1. The Labute approximate surface area is 168 Å². The topological polar surface area (TPSA) is 74.6 Å². The molecule has 2 aliphatic rings. The lowest BCUT2D eigenvalue weighted by atomic mass is 10.1. The zero-order chi connectivity index (χ0) is 20.0. The van der Waals surface area contributed by atoms with E-state index in [9.17, 15) is 4.79 Å². The molecule has 1 aromatic heterocycles. The highest BCUT2D eigenvalue weighted by Crippen LogP contribution is 2.34. The molecule has 0 saturated heterocycles. The second-order valence-corrected chi connectivity index (χ2v) is 7.58. The average molecular weight is 393 g/mol. The Morgan fingerprint density at radius 3 is 2.79 bits per heavy atom. The highest BCUT2D eigenvalue weighted by Gasteiger charge is 2.20. The van der Waals surface area contributed by atoms with Crippen LogP contribution in [-0.2, 0) is 24.3 Å². The molecule has 29 heavy (non-hydrogen) atoms. The predicted octanol–water partition coefficient (Wildman–Crippen LogP) is 2.76. The van der Waals surface area contributed by atoms with Crippen molar-refractivity contribution in [3.8, 4) is 17.2 Å². The van der Waals surface area contributed by atoms with Gasteiger partial charge in [-0.05, 0) is 31.0 Å². The van der Waals surface area contributed by atoms with Gasteiger partial charge in [0.1, 0.15) is 37.4 Å². The third-order valence-electron chi connectivity index (χ3n) is 5.35. The first-order chi connectivity index (χ1) is 14.1. The Balaban J connectivity index is 1.30. The van der Waals surface area contributed by atoms with Crippen molar-refractivity contribution < 1.29 is 19.0 Å². The summed E-state index contributed by atoms with van der Waals surface area (Å²) >= 11 is 0. The Hall–Kier alpha value is -3.22. The molecule has 0 saturated carbocycles. The highest BCUT2D eigenvalue weighted by atomic mass is 16.6. The number of ether oxygens (including phenoxy) is 3. The molecular weight excluding hydrogens is 370 g/mol. The number of hydrogen-bond acceptors (Lipinski definition) is 5. The number of amides is 1. The van der Waals surface area contributed by atoms with E-state index < -0.39 is 0 Å². The van der Waals surface area contributed by atoms with E-state index in [1.54, 1.807) is 0 Å². The summed E-state index contributed by atoms with van der Waals surface area (Å²) in [6.07, 6.45) is 1.13. The first kappa shape index (κ1) is 17.8. The minimum Gasteiger partial charge on any atom is -0.490 e. The van der Waals surface area contributed by atoms with Crippen molar-refractivity contribution in [3.05, 3.63) is 47.3 Å². The molecule has 0 bridgehead atoms. The van der Waals surface area contributed by atoms with Gasteiger partial charge >= 0.3 is 0 Å². The maximum Gasteiger partial charge on any atom is 0.240 e. The Morgan fingerprint density at radius 1 is 1.17 bits per heavy atom. The molecule has 0 radical (unpaired) electrons. The lowest BCUT2D eigenvalue weighted by Crippen LogP contribution is -2.27. The van der Waals surface area contributed by atoms with Crippen LogP contribution >= 0.6 is 0 Å². The van der Waals surface area contributed by atoms with Crippen molar-refractivity contribution in [3.63, 3.8) is 0 Å². The summed E-state index contributed by atoms with van der Waals surface area (Å²) in [6.45, 7) is 5.71. The van der Waals surface area contributed by atoms with E-state index >= 15 is 0 Å². The second kappa shape index (κ2) is 6.99. The van der Waals surface area contributed by atoms with Crippen LogP contribution in [0, 0.1) is 6.92 Å². The molecular formula is C22H23N3O4. The molecule has 0 spiro atoms. The molecule has 150 valence electrons. The zero-order valence-corrected chi connectivity index (χ0v) is 16.5. The van der Waals surface area contributed by atoms with E-state index in [4.69, 9.17) is 14.2 Å². The minimum atomic E-state index is -0.0626. The number of hydrogen-bond donors (Lipinski definition) is 1. The first-order valence-corrected chi connectivity index (χ1v) is 9.88. The fraction of sp³-hybridized carbons (Fsp3) is 0.364. The zero-order valence-electron chi connectivity index (χ0n) is 16.5. The maximum absolute atomic E-state index is 12.6. The van der Waals surface area contributed by atoms with Crippen molar-refractivity contribution in [2.24, 2.45) is 0 Å². The van der Waals surface area contributed by atoms with Gasteiger partial charge in [-0.3, -0.25) is 4.79 Å². The first-order valence-electron chi connectivity index (χ1n) is 9.88. The fourth-order valence-corrected chi connectivity index (χ4v) is 3.97. The molecule has 1 atom stereocenters. The maximum atomic E-state index is 12.6. The van der Waals surface area contributed by atoms with Crippen LogP contribution in [0.15, 0.2) is 30.3 Å². The van der Waals surface area contributed by atoms with Crippen molar-refractivity contribution >= 4 is 16.9 Å². The monoisotopic (exact) mass is 393 g/mol. The normalized spacial score (nSPS) is 17.1. The molecule has 0 unspecified atom stereocenters. The number of nitrogens with one attached hydrogen (secondary N) is 1. The van der Waals surface area contributed by atoms with Crippen molar-refractivity contribution in [2.45, 2.75) is 39.5 Å². The number of aromatic nitrogens is 2. The number of benzene rings is 2. The van der Waals surface area contributed by atoms with Crippen LogP contribution < -0.4 is 19.5 Å². The van der Waals surface area contributed by atoms with E-state index in [1.807, 2.05) is 35.8 Å². The standard InChI is InChI=1S/C22H23N3O4/c1-13-7-16-8-15(3-4-19(16)29-13)11-23-22(26)12-25-14(2)24-17-9-20-21(10-18(17)25)28-6-5-27-20/h3-4,8-10,13H,5-7,11-12H2,1-2H3,(H,23,26)/t13-/m1/s1. The number of nitrogens with zero attached hydrogens (tertiary/aromatic N) is 2. The van der Waals surface area contributed by atoms with E-state index in [2.05, 4.69) is 23.3 Å². The Kier molecular flexibility index (Phi) is 4.30. The largest absolute Gasteiger partial charge is 0.490 e. The lowest BCUT2D eigenvalue weighted by Gasteiger charge is -2.18. The van der Waals surface area contributed by atoms with Gasteiger partial charge in [0.2, 0.25) is 5.91 Å². The molecule has 2 aliphatic heterocycles. The van der Waals surface area contributed by atoms with Gasteiger partial charge in [0.05, 0.1) is 11.0 Å². The van der Waals surface area contributed by atoms with Gasteiger partial charge in [-0.25, -0.2) is 4.98 Å².